The molecule has 0 unspecified atom stereocenters. The van der Waals surface area contributed by atoms with E-state index in [1.807, 2.05) is 11.4 Å². The van der Waals surface area contributed by atoms with Gasteiger partial charge in [-0.1, -0.05) is 0 Å². The number of rotatable bonds is 1. The average molecular weight is 213 g/mol. The fraction of sp³-hybridized carbons (Fsp3) is 0.200. The van der Waals surface area contributed by atoms with Crippen LogP contribution in [0.5, 0.6) is 0 Å². The topological polar surface area (TPSA) is 26.0 Å². The molecule has 1 heterocycles. The van der Waals surface area contributed by atoms with Gasteiger partial charge in [0.2, 0.25) is 0 Å². The average Bonchev–Trinajstić information content (AvgIpc) is 2.59. The number of hydrogen-bond donors (Lipinski definition) is 1. The molecule has 2 rings (SSSR count). The Bertz CT molecular complexity index is 476. The molecule has 2 aromatic rings. The first kappa shape index (κ1) is 9.40. The van der Waals surface area contributed by atoms with E-state index in [0.29, 0.717) is 11.3 Å². The fourth-order valence-corrected chi connectivity index (χ4v) is 2.43. The molecular weight excluding hydrogens is 204 g/mol. The molecule has 0 saturated carbocycles. The van der Waals surface area contributed by atoms with Crippen LogP contribution in [0, 0.1) is 6.92 Å². The van der Waals surface area contributed by atoms with Gasteiger partial charge in [-0.25, -0.2) is 8.78 Å². The number of anilines is 1. The number of halogens is 2. The summed E-state index contributed by atoms with van der Waals surface area (Å²) in [5, 5.41) is 2.70. The van der Waals surface area contributed by atoms with Crippen LogP contribution < -0.4 is 5.73 Å². The summed E-state index contributed by atoms with van der Waals surface area (Å²) in [5.74, 6) is 0. The van der Waals surface area contributed by atoms with Gasteiger partial charge in [-0.15, -0.1) is 11.3 Å². The van der Waals surface area contributed by atoms with E-state index in [1.165, 1.54) is 17.4 Å². The molecule has 0 atom stereocenters. The SMILES string of the molecule is Cc1c(C(F)F)cc(N)c2sccc12. The first-order chi connectivity index (χ1) is 6.61. The Hall–Kier alpha value is -1.16. The summed E-state index contributed by atoms with van der Waals surface area (Å²) in [4.78, 5) is 0. The molecule has 1 aromatic carbocycles. The lowest BCUT2D eigenvalue weighted by Crippen LogP contribution is -1.94. The van der Waals surface area contributed by atoms with E-state index >= 15 is 0 Å². The third-order valence-corrected chi connectivity index (χ3v) is 3.27. The maximum atomic E-state index is 12.6. The smallest absolute Gasteiger partial charge is 0.264 e. The van der Waals surface area contributed by atoms with Gasteiger partial charge in [0.05, 0.1) is 4.70 Å². The second-order valence-corrected chi connectivity index (χ2v) is 4.06. The van der Waals surface area contributed by atoms with Crippen LogP contribution in [0.1, 0.15) is 17.6 Å². The van der Waals surface area contributed by atoms with E-state index in [-0.39, 0.29) is 5.56 Å². The van der Waals surface area contributed by atoms with E-state index in [2.05, 4.69) is 0 Å². The molecule has 0 saturated heterocycles. The van der Waals surface area contributed by atoms with Crippen molar-refractivity contribution >= 4 is 27.1 Å². The van der Waals surface area contributed by atoms with Gasteiger partial charge >= 0.3 is 0 Å². The van der Waals surface area contributed by atoms with Crippen molar-refractivity contribution < 1.29 is 8.78 Å². The minimum Gasteiger partial charge on any atom is -0.398 e. The zero-order valence-corrected chi connectivity index (χ0v) is 8.37. The Morgan fingerprint density at radius 2 is 2.14 bits per heavy atom. The number of thiophene rings is 1. The van der Waals surface area contributed by atoms with Gasteiger partial charge in [0, 0.05) is 11.3 Å². The molecule has 0 spiro atoms. The second-order valence-electron chi connectivity index (χ2n) is 3.14. The van der Waals surface area contributed by atoms with E-state index in [1.54, 1.807) is 6.92 Å². The third-order valence-electron chi connectivity index (χ3n) is 2.31. The zero-order valence-electron chi connectivity index (χ0n) is 7.55. The molecule has 0 radical (unpaired) electrons. The molecule has 1 nitrogen and oxygen atoms in total. The monoisotopic (exact) mass is 213 g/mol. The highest BCUT2D eigenvalue weighted by atomic mass is 32.1. The van der Waals surface area contributed by atoms with E-state index in [0.717, 1.165) is 10.1 Å². The zero-order chi connectivity index (χ0) is 10.3. The van der Waals surface area contributed by atoms with Crippen molar-refractivity contribution in [3.05, 3.63) is 28.6 Å². The highest BCUT2D eigenvalue weighted by Gasteiger charge is 2.15. The quantitative estimate of drug-likeness (QED) is 0.717. The van der Waals surface area contributed by atoms with Gasteiger partial charge in [0.1, 0.15) is 0 Å². The number of fused-ring (bicyclic) bond motifs is 1. The number of aryl methyl sites for hydroxylation is 1. The van der Waals surface area contributed by atoms with Crippen molar-refractivity contribution in [2.75, 3.05) is 5.73 Å². The summed E-state index contributed by atoms with van der Waals surface area (Å²) in [7, 11) is 0. The lowest BCUT2D eigenvalue weighted by molar-refractivity contribution is 0.151. The molecule has 1 aromatic heterocycles. The van der Waals surface area contributed by atoms with E-state index in [9.17, 15) is 8.78 Å². The van der Waals surface area contributed by atoms with Gasteiger partial charge in [0.25, 0.3) is 6.43 Å². The normalized spacial score (nSPS) is 11.4. The van der Waals surface area contributed by atoms with Crippen LogP contribution in [-0.4, -0.2) is 0 Å². The van der Waals surface area contributed by atoms with Crippen molar-refractivity contribution in [2.24, 2.45) is 0 Å². The van der Waals surface area contributed by atoms with E-state index in [4.69, 9.17) is 5.73 Å². The minimum absolute atomic E-state index is 0.0356. The van der Waals surface area contributed by atoms with Gasteiger partial charge in [-0.2, -0.15) is 0 Å². The first-order valence-corrected chi connectivity index (χ1v) is 5.03. The Labute approximate surface area is 84.2 Å². The van der Waals surface area contributed by atoms with Crippen molar-refractivity contribution in [3.8, 4) is 0 Å². The number of nitrogens with two attached hydrogens (primary N) is 1. The molecule has 0 fully saturated rings. The summed E-state index contributed by atoms with van der Waals surface area (Å²) in [6, 6.07) is 3.20. The molecule has 74 valence electrons. The Balaban J connectivity index is 2.82. The third kappa shape index (κ3) is 1.26. The van der Waals surface area contributed by atoms with Gasteiger partial charge in [-0.3, -0.25) is 0 Å². The number of alkyl halides is 2. The van der Waals surface area contributed by atoms with E-state index < -0.39 is 6.43 Å². The molecule has 0 aliphatic rings. The van der Waals surface area contributed by atoms with Crippen LogP contribution in [-0.2, 0) is 0 Å². The summed E-state index contributed by atoms with van der Waals surface area (Å²) in [5.41, 5.74) is 6.79. The maximum absolute atomic E-state index is 12.6. The summed E-state index contributed by atoms with van der Waals surface area (Å²) < 4.78 is 26.1. The van der Waals surface area contributed by atoms with Gasteiger partial charge in [-0.05, 0) is 35.4 Å². The molecule has 0 aliphatic carbocycles. The first-order valence-electron chi connectivity index (χ1n) is 4.15. The maximum Gasteiger partial charge on any atom is 0.264 e. The molecule has 0 amide bonds. The fourth-order valence-electron chi connectivity index (χ4n) is 1.55. The largest absolute Gasteiger partial charge is 0.398 e. The van der Waals surface area contributed by atoms with Crippen molar-refractivity contribution in [1.82, 2.24) is 0 Å². The highest BCUT2D eigenvalue weighted by molar-refractivity contribution is 7.17. The van der Waals surface area contributed by atoms with Crippen molar-refractivity contribution in [2.45, 2.75) is 13.3 Å². The summed E-state index contributed by atoms with van der Waals surface area (Å²) in [6.07, 6.45) is -2.46. The number of nitrogen functional groups attached to an aromatic ring is 1. The van der Waals surface area contributed by atoms with Gasteiger partial charge < -0.3 is 5.73 Å². The predicted octanol–water partition coefficient (Wildman–Crippen LogP) is 3.73. The van der Waals surface area contributed by atoms with Crippen LogP contribution in [0.3, 0.4) is 0 Å². The lowest BCUT2D eigenvalue weighted by atomic mass is 10.0. The predicted molar refractivity (Wildman–Crippen MR) is 55.9 cm³/mol. The lowest BCUT2D eigenvalue weighted by Gasteiger charge is -2.07. The molecule has 2 N–H and O–H groups in total. The second kappa shape index (κ2) is 3.20. The standard InChI is InChI=1S/C10H9F2NS/c1-5-6-2-3-14-9(6)8(13)4-7(5)10(11)12/h2-4,10H,13H2,1H3. The minimum atomic E-state index is -2.46. The number of benzene rings is 1. The summed E-state index contributed by atoms with van der Waals surface area (Å²) >= 11 is 1.48. The van der Waals surface area contributed by atoms with Crippen LogP contribution in [0.15, 0.2) is 17.5 Å². The van der Waals surface area contributed by atoms with Crippen LogP contribution in [0.4, 0.5) is 14.5 Å². The Morgan fingerprint density at radius 3 is 2.79 bits per heavy atom. The number of hydrogen-bond acceptors (Lipinski definition) is 2. The van der Waals surface area contributed by atoms with Crippen LogP contribution >= 0.6 is 11.3 Å². The van der Waals surface area contributed by atoms with Gasteiger partial charge in [0.15, 0.2) is 0 Å². The Morgan fingerprint density at radius 1 is 1.43 bits per heavy atom. The molecule has 4 heteroatoms. The highest BCUT2D eigenvalue weighted by Crippen LogP contribution is 2.35. The molecule has 14 heavy (non-hydrogen) atoms. The van der Waals surface area contributed by atoms with Crippen LogP contribution in [0.2, 0.25) is 0 Å². The van der Waals surface area contributed by atoms with Crippen LogP contribution in [0.25, 0.3) is 10.1 Å². The Kier molecular flexibility index (Phi) is 2.15. The van der Waals surface area contributed by atoms with Crippen molar-refractivity contribution in [1.29, 1.82) is 0 Å². The van der Waals surface area contributed by atoms with Crippen molar-refractivity contribution in [3.63, 3.8) is 0 Å². The summed E-state index contributed by atoms with van der Waals surface area (Å²) in [6.45, 7) is 1.70. The molecular formula is C10H9F2NS. The molecule has 0 aliphatic heterocycles. The molecule has 0 bridgehead atoms.